The van der Waals surface area contributed by atoms with E-state index in [-0.39, 0.29) is 0 Å². The molecule has 0 aromatic rings. The monoisotopic (exact) mass is 270 g/mol. The minimum atomic E-state index is -3.28. The minimum absolute atomic E-state index is 0.906. The molecule has 10 heteroatoms. The Morgan fingerprint density at radius 2 is 0.947 bits per heavy atom. The Morgan fingerprint density at radius 3 is 1.05 bits per heavy atom. The first-order chi connectivity index (χ1) is 8.65. The van der Waals surface area contributed by atoms with Crippen LogP contribution in [0.4, 0.5) is 0 Å². The molecule has 0 saturated heterocycles. The van der Waals surface area contributed by atoms with Crippen molar-refractivity contribution in [1.29, 1.82) is 10.5 Å². The van der Waals surface area contributed by atoms with Crippen molar-refractivity contribution in [1.82, 2.24) is 0 Å². The zero-order valence-corrected chi connectivity index (χ0v) is 8.97. The van der Waals surface area contributed by atoms with Gasteiger partial charge in [-0.25, -0.2) is 0 Å². The number of rotatable bonds is 6. The van der Waals surface area contributed by atoms with Crippen molar-refractivity contribution < 1.29 is 39.6 Å². The fourth-order valence-electron chi connectivity index (χ4n) is 1.44. The van der Waals surface area contributed by atoms with Crippen molar-refractivity contribution in [2.45, 2.75) is 0 Å². The van der Waals surface area contributed by atoms with Gasteiger partial charge in [-0.3, -0.25) is 19.2 Å². The van der Waals surface area contributed by atoms with Crippen molar-refractivity contribution in [2.24, 2.45) is 17.3 Å². The normalized spacial score (nSPS) is 10.5. The fourth-order valence-corrected chi connectivity index (χ4v) is 1.44. The van der Waals surface area contributed by atoms with Crippen molar-refractivity contribution >= 4 is 23.9 Å². The summed E-state index contributed by atoms with van der Waals surface area (Å²) in [6.45, 7) is 0. The summed E-state index contributed by atoms with van der Waals surface area (Å²) in [6.07, 6.45) is 0. The average molecular weight is 270 g/mol. The largest absolute Gasteiger partial charge is 0.481 e. The molecule has 0 spiro atoms. The lowest BCUT2D eigenvalue weighted by molar-refractivity contribution is -0.166. The zero-order chi connectivity index (χ0) is 15.4. The van der Waals surface area contributed by atoms with Crippen LogP contribution in [0, 0.1) is 39.9 Å². The molecule has 0 aliphatic rings. The smallest absolute Gasteiger partial charge is 0.320 e. The van der Waals surface area contributed by atoms with E-state index in [1.165, 1.54) is 0 Å². The van der Waals surface area contributed by atoms with Gasteiger partial charge in [0.15, 0.2) is 17.3 Å². The summed E-state index contributed by atoms with van der Waals surface area (Å²) in [5, 5.41) is 52.3. The third kappa shape index (κ3) is 2.58. The first-order valence-corrected chi connectivity index (χ1v) is 4.39. The average Bonchev–Trinajstić information content (AvgIpc) is 2.25. The van der Waals surface area contributed by atoms with E-state index >= 15 is 0 Å². The molecular weight excluding hydrogens is 264 g/mol. The van der Waals surface area contributed by atoms with Crippen LogP contribution < -0.4 is 0 Å². The summed E-state index contributed by atoms with van der Waals surface area (Å²) >= 11 is 0. The quantitative estimate of drug-likeness (QED) is 0.416. The molecule has 0 aromatic carbocycles. The van der Waals surface area contributed by atoms with E-state index in [0.717, 1.165) is 12.1 Å². The number of carboxylic acids is 4. The van der Waals surface area contributed by atoms with Gasteiger partial charge in [-0.15, -0.1) is 0 Å². The van der Waals surface area contributed by atoms with Crippen LogP contribution in [-0.4, -0.2) is 44.3 Å². The van der Waals surface area contributed by atoms with E-state index < -0.39 is 41.1 Å². The molecule has 0 rings (SSSR count). The predicted octanol–water partition coefficient (Wildman–Crippen LogP) is -1.41. The third-order valence-corrected chi connectivity index (χ3v) is 2.27. The molecular formula is C9H6N2O8. The maximum Gasteiger partial charge on any atom is 0.320 e. The minimum Gasteiger partial charge on any atom is -0.481 e. The van der Waals surface area contributed by atoms with E-state index in [9.17, 15) is 19.2 Å². The summed E-state index contributed by atoms with van der Waals surface area (Å²) in [5.41, 5.74) is -3.28. The molecule has 4 N–H and O–H groups in total. The summed E-state index contributed by atoms with van der Waals surface area (Å²) < 4.78 is 0. The van der Waals surface area contributed by atoms with Gasteiger partial charge in [0.1, 0.15) is 0 Å². The summed E-state index contributed by atoms with van der Waals surface area (Å²) in [5.74, 6) is -14.4. The number of hydrogen-bond donors (Lipinski definition) is 4. The van der Waals surface area contributed by atoms with Gasteiger partial charge in [0, 0.05) is 0 Å². The lowest BCUT2D eigenvalue weighted by Crippen LogP contribution is -2.50. The number of hydrogen-bond acceptors (Lipinski definition) is 6. The van der Waals surface area contributed by atoms with Crippen LogP contribution >= 0.6 is 0 Å². The van der Waals surface area contributed by atoms with Crippen LogP contribution in [0.5, 0.6) is 0 Å². The Morgan fingerprint density at radius 1 is 0.737 bits per heavy atom. The van der Waals surface area contributed by atoms with Crippen LogP contribution in [-0.2, 0) is 19.2 Å². The molecule has 0 aromatic heterocycles. The summed E-state index contributed by atoms with van der Waals surface area (Å²) in [7, 11) is 0. The topological polar surface area (TPSA) is 197 Å². The second-order valence-electron chi connectivity index (χ2n) is 3.31. The highest BCUT2D eigenvalue weighted by Gasteiger charge is 2.60. The van der Waals surface area contributed by atoms with Crippen LogP contribution in [0.3, 0.4) is 0 Å². The van der Waals surface area contributed by atoms with E-state index in [1.807, 2.05) is 0 Å². The molecule has 19 heavy (non-hydrogen) atoms. The molecule has 0 unspecified atom stereocenters. The molecule has 100 valence electrons. The Hall–Kier alpha value is -3.14. The molecule has 10 nitrogen and oxygen atoms in total. The van der Waals surface area contributed by atoms with E-state index in [4.69, 9.17) is 30.9 Å². The Balaban J connectivity index is 6.29. The van der Waals surface area contributed by atoms with Crippen LogP contribution in [0.2, 0.25) is 0 Å². The number of carboxylic acid groups (broad SMARTS) is 4. The predicted molar refractivity (Wildman–Crippen MR) is 51.2 cm³/mol. The maximum absolute atomic E-state index is 10.8. The summed E-state index contributed by atoms with van der Waals surface area (Å²) in [4.78, 5) is 43.1. The van der Waals surface area contributed by atoms with E-state index in [0.29, 0.717) is 0 Å². The second kappa shape index (κ2) is 5.46. The van der Waals surface area contributed by atoms with Gasteiger partial charge in [-0.2, -0.15) is 10.5 Å². The van der Waals surface area contributed by atoms with Gasteiger partial charge in [-0.05, 0) is 0 Å². The zero-order valence-electron chi connectivity index (χ0n) is 8.97. The first kappa shape index (κ1) is 15.9. The Kier molecular flexibility index (Phi) is 4.56. The second-order valence-corrected chi connectivity index (χ2v) is 3.31. The molecule has 0 saturated carbocycles. The van der Waals surface area contributed by atoms with Gasteiger partial charge in [-0.1, -0.05) is 0 Å². The van der Waals surface area contributed by atoms with Crippen molar-refractivity contribution in [3.8, 4) is 12.1 Å². The molecule has 0 aliphatic carbocycles. The van der Waals surface area contributed by atoms with Crippen LogP contribution in [0.1, 0.15) is 0 Å². The Bertz CT molecular complexity index is 449. The molecule has 0 amide bonds. The lowest BCUT2D eigenvalue weighted by Gasteiger charge is -2.25. The SMILES string of the molecule is N#CC(C#N)(C(C(=O)O)C(=O)O)C(C(=O)O)C(=O)O. The van der Waals surface area contributed by atoms with Gasteiger partial charge >= 0.3 is 23.9 Å². The number of aliphatic carboxylic acids is 4. The highest BCUT2D eigenvalue weighted by atomic mass is 16.4. The lowest BCUT2D eigenvalue weighted by atomic mass is 9.68. The third-order valence-electron chi connectivity index (χ3n) is 2.27. The molecule has 0 aliphatic heterocycles. The fraction of sp³-hybridized carbons (Fsp3) is 0.333. The van der Waals surface area contributed by atoms with E-state index in [2.05, 4.69) is 0 Å². The standard InChI is InChI=1S/C9H6N2O8/c10-1-9(2-11,3(5(12)13)6(14)15)4(7(16)17)8(18)19/h3-4H,(H,12,13)(H,14,15)(H,16,17)(H,18,19). The van der Waals surface area contributed by atoms with Gasteiger partial charge in [0.25, 0.3) is 0 Å². The molecule has 0 fully saturated rings. The van der Waals surface area contributed by atoms with Gasteiger partial charge in [0.05, 0.1) is 12.1 Å². The van der Waals surface area contributed by atoms with Crippen molar-refractivity contribution in [2.75, 3.05) is 0 Å². The highest BCUT2D eigenvalue weighted by molar-refractivity contribution is 6.01. The molecule has 0 atom stereocenters. The van der Waals surface area contributed by atoms with E-state index in [1.54, 1.807) is 0 Å². The molecule has 0 radical (unpaired) electrons. The number of nitrogens with zero attached hydrogens (tertiary/aromatic N) is 2. The Labute approximate surface area is 104 Å². The summed E-state index contributed by atoms with van der Waals surface area (Å²) in [6, 6.07) is 1.81. The highest BCUT2D eigenvalue weighted by Crippen LogP contribution is 2.36. The molecule has 0 heterocycles. The van der Waals surface area contributed by atoms with Crippen LogP contribution in [0.15, 0.2) is 0 Å². The van der Waals surface area contributed by atoms with Crippen molar-refractivity contribution in [3.63, 3.8) is 0 Å². The van der Waals surface area contributed by atoms with Crippen LogP contribution in [0.25, 0.3) is 0 Å². The maximum atomic E-state index is 10.8. The number of nitriles is 2. The number of carbonyl (C=O) groups is 4. The van der Waals surface area contributed by atoms with Crippen molar-refractivity contribution in [3.05, 3.63) is 0 Å². The first-order valence-electron chi connectivity index (χ1n) is 4.39. The van der Waals surface area contributed by atoms with Gasteiger partial charge in [0.2, 0.25) is 0 Å². The molecule has 0 bridgehead atoms. The van der Waals surface area contributed by atoms with Gasteiger partial charge < -0.3 is 20.4 Å².